The fourth-order valence-corrected chi connectivity index (χ4v) is 4.58. The Balaban J connectivity index is 1.58. The number of rotatable bonds is 7. The standard InChI is InChI=1S/C22H18FN3O3S2/c1-29-16-7-4-6-15(11-16)24-19(27)13-31-22-25-18-9-10-30-20(18)21(28)26(22)12-14-5-2-3-8-17(14)23/h2-11H,12-13H2,1H3,(H,24,27). The third-order valence-corrected chi connectivity index (χ3v) is 6.37. The molecule has 0 aliphatic rings. The number of nitrogens with one attached hydrogen (secondary N) is 1. The van der Waals surface area contributed by atoms with E-state index in [9.17, 15) is 14.0 Å². The van der Waals surface area contributed by atoms with Gasteiger partial charge in [-0.05, 0) is 29.6 Å². The number of methoxy groups -OCH3 is 1. The molecule has 158 valence electrons. The highest BCUT2D eigenvalue weighted by Crippen LogP contribution is 2.23. The van der Waals surface area contributed by atoms with E-state index in [0.29, 0.717) is 32.4 Å². The van der Waals surface area contributed by atoms with Crippen LogP contribution in [0.25, 0.3) is 10.2 Å². The summed E-state index contributed by atoms with van der Waals surface area (Å²) in [6.45, 7) is 0.0339. The molecule has 4 aromatic rings. The first-order chi connectivity index (χ1) is 15.0. The summed E-state index contributed by atoms with van der Waals surface area (Å²) in [5.41, 5.74) is 1.30. The van der Waals surface area contributed by atoms with Crippen LogP contribution in [0.4, 0.5) is 10.1 Å². The largest absolute Gasteiger partial charge is 0.497 e. The fourth-order valence-electron chi connectivity index (χ4n) is 3.00. The van der Waals surface area contributed by atoms with E-state index in [-0.39, 0.29) is 23.8 Å². The SMILES string of the molecule is COc1cccc(NC(=O)CSc2nc3ccsc3c(=O)n2Cc2ccccc2F)c1. The Morgan fingerprint density at radius 1 is 1.23 bits per heavy atom. The number of ether oxygens (including phenoxy) is 1. The summed E-state index contributed by atoms with van der Waals surface area (Å²) in [5, 5.41) is 4.95. The molecule has 1 N–H and O–H groups in total. The van der Waals surface area contributed by atoms with Crippen LogP contribution in [0.2, 0.25) is 0 Å². The summed E-state index contributed by atoms with van der Waals surface area (Å²) in [5.74, 6) is 0.0211. The van der Waals surface area contributed by atoms with Crippen molar-refractivity contribution in [1.29, 1.82) is 0 Å². The van der Waals surface area contributed by atoms with Crippen molar-refractivity contribution in [3.05, 3.63) is 81.7 Å². The van der Waals surface area contributed by atoms with E-state index in [4.69, 9.17) is 4.74 Å². The van der Waals surface area contributed by atoms with Crippen LogP contribution in [-0.2, 0) is 11.3 Å². The molecule has 0 radical (unpaired) electrons. The number of aromatic nitrogens is 2. The van der Waals surface area contributed by atoms with Crippen LogP contribution in [0, 0.1) is 5.82 Å². The van der Waals surface area contributed by atoms with Crippen LogP contribution in [0.15, 0.2) is 69.9 Å². The minimum absolute atomic E-state index is 0.0339. The average molecular weight is 456 g/mol. The van der Waals surface area contributed by atoms with E-state index in [2.05, 4.69) is 10.3 Å². The third-order valence-electron chi connectivity index (χ3n) is 4.50. The lowest BCUT2D eigenvalue weighted by atomic mass is 10.2. The molecule has 4 rings (SSSR count). The van der Waals surface area contributed by atoms with Gasteiger partial charge in [-0.25, -0.2) is 9.37 Å². The van der Waals surface area contributed by atoms with Crippen molar-refractivity contribution in [1.82, 2.24) is 9.55 Å². The van der Waals surface area contributed by atoms with Gasteiger partial charge in [-0.1, -0.05) is 36.0 Å². The van der Waals surface area contributed by atoms with Crippen LogP contribution in [0.5, 0.6) is 5.75 Å². The lowest BCUT2D eigenvalue weighted by Gasteiger charge is -2.13. The molecule has 0 spiro atoms. The monoisotopic (exact) mass is 455 g/mol. The van der Waals surface area contributed by atoms with Gasteiger partial charge in [-0.15, -0.1) is 11.3 Å². The van der Waals surface area contributed by atoms with Crippen LogP contribution in [0.1, 0.15) is 5.56 Å². The highest BCUT2D eigenvalue weighted by atomic mass is 32.2. The molecule has 31 heavy (non-hydrogen) atoms. The zero-order chi connectivity index (χ0) is 21.8. The number of amides is 1. The maximum absolute atomic E-state index is 14.2. The second kappa shape index (κ2) is 9.32. The molecular weight excluding hydrogens is 437 g/mol. The number of thiophene rings is 1. The van der Waals surface area contributed by atoms with Gasteiger partial charge in [0.05, 0.1) is 24.9 Å². The fraction of sp³-hybridized carbons (Fsp3) is 0.136. The highest BCUT2D eigenvalue weighted by molar-refractivity contribution is 7.99. The molecule has 0 bridgehead atoms. The number of benzene rings is 2. The molecule has 2 aromatic heterocycles. The van der Waals surface area contributed by atoms with Crippen LogP contribution < -0.4 is 15.6 Å². The van der Waals surface area contributed by atoms with Gasteiger partial charge < -0.3 is 10.1 Å². The first kappa shape index (κ1) is 21.1. The highest BCUT2D eigenvalue weighted by Gasteiger charge is 2.16. The first-order valence-electron chi connectivity index (χ1n) is 9.33. The van der Waals surface area contributed by atoms with E-state index in [1.165, 1.54) is 22.0 Å². The van der Waals surface area contributed by atoms with Crippen molar-refractivity contribution in [3.63, 3.8) is 0 Å². The van der Waals surface area contributed by atoms with Crippen molar-refractivity contribution in [2.24, 2.45) is 0 Å². The van der Waals surface area contributed by atoms with E-state index >= 15 is 0 Å². The van der Waals surface area contributed by atoms with Crippen molar-refractivity contribution >= 4 is 44.9 Å². The second-order valence-electron chi connectivity index (χ2n) is 6.58. The number of fused-ring (bicyclic) bond motifs is 1. The minimum Gasteiger partial charge on any atom is -0.497 e. The molecule has 6 nitrogen and oxygen atoms in total. The van der Waals surface area contributed by atoms with Crippen molar-refractivity contribution in [2.45, 2.75) is 11.7 Å². The van der Waals surface area contributed by atoms with Gasteiger partial charge in [0.2, 0.25) is 5.91 Å². The predicted octanol–water partition coefficient (Wildman–Crippen LogP) is 4.38. The summed E-state index contributed by atoms with van der Waals surface area (Å²) in [4.78, 5) is 30.0. The Morgan fingerprint density at radius 2 is 2.06 bits per heavy atom. The quantitative estimate of drug-likeness (QED) is 0.331. The summed E-state index contributed by atoms with van der Waals surface area (Å²) in [6, 6.07) is 15.1. The number of halogens is 1. The van der Waals surface area contributed by atoms with Crippen molar-refractivity contribution in [2.75, 3.05) is 18.2 Å². The Bertz CT molecular complexity index is 1300. The molecule has 2 heterocycles. The molecule has 0 fully saturated rings. The normalized spacial score (nSPS) is 10.9. The third kappa shape index (κ3) is 4.78. The topological polar surface area (TPSA) is 73.2 Å². The molecule has 1 amide bonds. The van der Waals surface area contributed by atoms with Gasteiger partial charge in [0.15, 0.2) is 5.16 Å². The van der Waals surface area contributed by atoms with Gasteiger partial charge >= 0.3 is 0 Å². The number of hydrogen-bond acceptors (Lipinski definition) is 6. The molecule has 2 aromatic carbocycles. The number of thioether (sulfide) groups is 1. The molecule has 0 saturated carbocycles. The van der Waals surface area contributed by atoms with Gasteiger partial charge in [0.1, 0.15) is 16.3 Å². The van der Waals surface area contributed by atoms with Crippen molar-refractivity contribution < 1.29 is 13.9 Å². The zero-order valence-electron chi connectivity index (χ0n) is 16.5. The van der Waals surface area contributed by atoms with Crippen molar-refractivity contribution in [3.8, 4) is 5.75 Å². The minimum atomic E-state index is -0.396. The Hall–Kier alpha value is -3.17. The van der Waals surface area contributed by atoms with Crippen LogP contribution in [-0.4, -0.2) is 28.3 Å². The lowest BCUT2D eigenvalue weighted by Crippen LogP contribution is -2.24. The molecule has 9 heteroatoms. The maximum atomic E-state index is 14.2. The smallest absolute Gasteiger partial charge is 0.272 e. The molecule has 0 atom stereocenters. The average Bonchev–Trinajstić information content (AvgIpc) is 3.25. The van der Waals surface area contributed by atoms with Gasteiger partial charge in [-0.3, -0.25) is 14.2 Å². The lowest BCUT2D eigenvalue weighted by molar-refractivity contribution is -0.113. The second-order valence-corrected chi connectivity index (χ2v) is 8.44. The number of carbonyl (C=O) groups excluding carboxylic acids is 1. The Kier molecular flexibility index (Phi) is 6.34. The zero-order valence-corrected chi connectivity index (χ0v) is 18.1. The molecule has 0 saturated heterocycles. The summed E-state index contributed by atoms with van der Waals surface area (Å²) in [6.07, 6.45) is 0. The molecule has 0 aliphatic carbocycles. The van der Waals surface area contributed by atoms with E-state index in [1.807, 2.05) is 0 Å². The molecule has 0 unspecified atom stereocenters. The Morgan fingerprint density at radius 3 is 2.87 bits per heavy atom. The van der Waals surface area contributed by atoms with Gasteiger partial charge in [-0.2, -0.15) is 0 Å². The maximum Gasteiger partial charge on any atom is 0.272 e. The number of hydrogen-bond donors (Lipinski definition) is 1. The van der Waals surface area contributed by atoms with E-state index in [1.54, 1.807) is 61.0 Å². The summed E-state index contributed by atoms with van der Waals surface area (Å²) < 4.78 is 21.3. The molecular formula is C22H18FN3O3S2. The number of nitrogens with zero attached hydrogens (tertiary/aromatic N) is 2. The number of anilines is 1. The summed E-state index contributed by atoms with van der Waals surface area (Å²) in [7, 11) is 1.55. The summed E-state index contributed by atoms with van der Waals surface area (Å²) >= 11 is 2.42. The van der Waals surface area contributed by atoms with E-state index < -0.39 is 5.82 Å². The molecule has 0 aliphatic heterocycles. The van der Waals surface area contributed by atoms with Gasteiger partial charge in [0.25, 0.3) is 5.56 Å². The predicted molar refractivity (Wildman–Crippen MR) is 122 cm³/mol. The van der Waals surface area contributed by atoms with E-state index in [0.717, 1.165) is 11.8 Å². The van der Waals surface area contributed by atoms with Crippen LogP contribution in [0.3, 0.4) is 0 Å². The Labute approximate surface area is 185 Å². The van der Waals surface area contributed by atoms with Gasteiger partial charge in [0, 0.05) is 17.3 Å². The number of carbonyl (C=O) groups is 1. The first-order valence-corrected chi connectivity index (χ1v) is 11.2. The van der Waals surface area contributed by atoms with Crippen LogP contribution >= 0.6 is 23.1 Å².